The van der Waals surface area contributed by atoms with Crippen molar-refractivity contribution < 1.29 is 9.47 Å². The molecule has 0 unspecified atom stereocenters. The third-order valence-corrected chi connectivity index (χ3v) is 1.83. The number of aromatic nitrogens is 3. The van der Waals surface area contributed by atoms with Crippen LogP contribution in [0.1, 0.15) is 20.8 Å². The normalized spacial score (nSPS) is 10.6. The van der Waals surface area contributed by atoms with Gasteiger partial charge in [0, 0.05) is 13.2 Å². The maximum atomic E-state index is 5.76. The summed E-state index contributed by atoms with van der Waals surface area (Å²) >= 11 is 5.76. The van der Waals surface area contributed by atoms with Crippen LogP contribution in [0, 0.1) is 0 Å². The van der Waals surface area contributed by atoms with Crippen LogP contribution in [0.25, 0.3) is 0 Å². The molecule has 0 aliphatic heterocycles. The second-order valence-corrected chi connectivity index (χ2v) is 3.84. The molecular weight excluding hydrogens is 244 g/mol. The van der Waals surface area contributed by atoms with E-state index in [4.69, 9.17) is 21.1 Å². The average Bonchev–Trinajstić information content (AvgIpc) is 2.22. The minimum Gasteiger partial charge on any atom is -0.461 e. The monoisotopic (exact) mass is 260 g/mol. The molecule has 17 heavy (non-hydrogen) atoms. The Morgan fingerprint density at radius 2 is 2.06 bits per heavy atom. The Labute approximate surface area is 106 Å². The summed E-state index contributed by atoms with van der Waals surface area (Å²) in [7, 11) is 0. The van der Waals surface area contributed by atoms with Crippen molar-refractivity contribution in [2.45, 2.75) is 26.9 Å². The largest absolute Gasteiger partial charge is 0.461 e. The number of ether oxygens (including phenoxy) is 2. The fourth-order valence-corrected chi connectivity index (χ4v) is 1.21. The van der Waals surface area contributed by atoms with Gasteiger partial charge in [0.1, 0.15) is 0 Å². The van der Waals surface area contributed by atoms with Crippen molar-refractivity contribution in [1.29, 1.82) is 0 Å². The molecule has 1 N–H and O–H groups in total. The SMILES string of the molecule is CCOCCNc1nc(Cl)nc(OC(C)C)n1. The first-order valence-electron chi connectivity index (χ1n) is 5.51. The van der Waals surface area contributed by atoms with Crippen LogP contribution in [0.2, 0.25) is 5.28 Å². The topological polar surface area (TPSA) is 69.2 Å². The third-order valence-electron chi connectivity index (χ3n) is 1.66. The van der Waals surface area contributed by atoms with Crippen LogP contribution in [0.15, 0.2) is 0 Å². The van der Waals surface area contributed by atoms with Gasteiger partial charge in [-0.1, -0.05) is 0 Å². The van der Waals surface area contributed by atoms with E-state index in [1.807, 2.05) is 20.8 Å². The molecule has 96 valence electrons. The summed E-state index contributed by atoms with van der Waals surface area (Å²) in [5.41, 5.74) is 0. The second-order valence-electron chi connectivity index (χ2n) is 3.50. The summed E-state index contributed by atoms with van der Waals surface area (Å²) in [6, 6.07) is 0.221. The second kappa shape index (κ2) is 7.24. The average molecular weight is 261 g/mol. The Kier molecular flexibility index (Phi) is 5.93. The van der Waals surface area contributed by atoms with Crippen molar-refractivity contribution >= 4 is 17.5 Å². The van der Waals surface area contributed by atoms with Crippen LogP contribution >= 0.6 is 11.6 Å². The summed E-state index contributed by atoms with van der Waals surface area (Å²) < 4.78 is 10.5. The lowest BCUT2D eigenvalue weighted by molar-refractivity contribution is 0.158. The lowest BCUT2D eigenvalue weighted by atomic mass is 10.5. The van der Waals surface area contributed by atoms with Gasteiger partial charge in [0.15, 0.2) is 0 Å². The summed E-state index contributed by atoms with van der Waals surface area (Å²) in [6.07, 6.45) is -0.00950. The Balaban J connectivity index is 2.56. The lowest BCUT2D eigenvalue weighted by Gasteiger charge is -2.09. The molecule has 7 heteroatoms. The first-order chi connectivity index (χ1) is 8.11. The predicted octanol–water partition coefficient (Wildman–Crippen LogP) is 1.76. The van der Waals surface area contributed by atoms with Crippen LogP contribution < -0.4 is 10.1 Å². The molecule has 0 fully saturated rings. The van der Waals surface area contributed by atoms with Crippen molar-refractivity contribution in [2.75, 3.05) is 25.1 Å². The van der Waals surface area contributed by atoms with E-state index in [2.05, 4.69) is 20.3 Å². The molecule has 0 spiro atoms. The van der Waals surface area contributed by atoms with Gasteiger partial charge < -0.3 is 14.8 Å². The smallest absolute Gasteiger partial charge is 0.322 e. The highest BCUT2D eigenvalue weighted by Gasteiger charge is 2.07. The molecular formula is C10H17ClN4O2. The summed E-state index contributed by atoms with van der Waals surface area (Å²) in [6.45, 7) is 7.59. The lowest BCUT2D eigenvalue weighted by Crippen LogP contribution is -2.14. The molecule has 0 saturated heterocycles. The van der Waals surface area contributed by atoms with Gasteiger partial charge in [-0.05, 0) is 32.4 Å². The molecule has 0 aliphatic carbocycles. The number of anilines is 1. The van der Waals surface area contributed by atoms with E-state index in [1.165, 1.54) is 0 Å². The minimum atomic E-state index is -0.00950. The molecule has 0 radical (unpaired) electrons. The van der Waals surface area contributed by atoms with Gasteiger partial charge in [0.05, 0.1) is 12.7 Å². The first kappa shape index (κ1) is 13.9. The molecule has 6 nitrogen and oxygen atoms in total. The summed E-state index contributed by atoms with van der Waals surface area (Å²) in [5, 5.41) is 3.09. The van der Waals surface area contributed by atoms with Crippen LogP contribution in [0.5, 0.6) is 6.01 Å². The van der Waals surface area contributed by atoms with E-state index in [1.54, 1.807) is 0 Å². The zero-order valence-electron chi connectivity index (χ0n) is 10.2. The molecule has 1 aromatic heterocycles. The van der Waals surface area contributed by atoms with Crippen molar-refractivity contribution in [3.05, 3.63) is 5.28 Å². The van der Waals surface area contributed by atoms with Crippen molar-refractivity contribution in [1.82, 2.24) is 15.0 Å². The van der Waals surface area contributed by atoms with Crippen LogP contribution in [-0.2, 0) is 4.74 Å². The van der Waals surface area contributed by atoms with Gasteiger partial charge in [-0.2, -0.15) is 15.0 Å². The summed E-state index contributed by atoms with van der Waals surface area (Å²) in [4.78, 5) is 11.9. The maximum Gasteiger partial charge on any atom is 0.322 e. The first-order valence-corrected chi connectivity index (χ1v) is 5.89. The molecule has 1 heterocycles. The number of hydrogen-bond acceptors (Lipinski definition) is 6. The Bertz CT molecular complexity index is 349. The molecule has 0 aliphatic rings. The van der Waals surface area contributed by atoms with E-state index < -0.39 is 0 Å². The standard InChI is InChI=1S/C10H17ClN4O2/c1-4-16-6-5-12-9-13-8(11)14-10(15-9)17-7(2)3/h7H,4-6H2,1-3H3,(H,12,13,14,15). The van der Waals surface area contributed by atoms with E-state index in [0.29, 0.717) is 25.7 Å². The number of rotatable bonds is 7. The number of halogens is 1. The molecule has 1 aromatic rings. The van der Waals surface area contributed by atoms with E-state index >= 15 is 0 Å². The maximum absolute atomic E-state index is 5.76. The summed E-state index contributed by atoms with van der Waals surface area (Å²) in [5.74, 6) is 0.389. The Morgan fingerprint density at radius 3 is 2.71 bits per heavy atom. The van der Waals surface area contributed by atoms with Crippen LogP contribution in [-0.4, -0.2) is 40.8 Å². The number of hydrogen-bond donors (Lipinski definition) is 1. The quantitative estimate of drug-likeness (QED) is 0.754. The minimum absolute atomic E-state index is 0.00950. The number of nitrogens with zero attached hydrogens (tertiary/aromatic N) is 3. The van der Waals surface area contributed by atoms with Gasteiger partial charge >= 0.3 is 6.01 Å². The van der Waals surface area contributed by atoms with E-state index in [9.17, 15) is 0 Å². The van der Waals surface area contributed by atoms with Crippen molar-refractivity contribution in [3.8, 4) is 6.01 Å². The van der Waals surface area contributed by atoms with Crippen LogP contribution in [0.3, 0.4) is 0 Å². The zero-order valence-corrected chi connectivity index (χ0v) is 11.0. The fourth-order valence-electron chi connectivity index (χ4n) is 1.05. The van der Waals surface area contributed by atoms with Crippen molar-refractivity contribution in [3.63, 3.8) is 0 Å². The molecule has 0 bridgehead atoms. The number of nitrogens with one attached hydrogen (secondary N) is 1. The highest BCUT2D eigenvalue weighted by atomic mass is 35.5. The van der Waals surface area contributed by atoms with Gasteiger partial charge in [-0.3, -0.25) is 0 Å². The van der Waals surface area contributed by atoms with Crippen LogP contribution in [0.4, 0.5) is 5.95 Å². The van der Waals surface area contributed by atoms with Gasteiger partial charge in [-0.25, -0.2) is 0 Å². The van der Waals surface area contributed by atoms with Gasteiger partial charge in [0.25, 0.3) is 0 Å². The van der Waals surface area contributed by atoms with E-state index in [-0.39, 0.29) is 17.4 Å². The third kappa shape index (κ3) is 5.65. The Morgan fingerprint density at radius 1 is 1.29 bits per heavy atom. The molecule has 0 saturated carbocycles. The predicted molar refractivity (Wildman–Crippen MR) is 65.6 cm³/mol. The highest BCUT2D eigenvalue weighted by Crippen LogP contribution is 2.12. The Hall–Kier alpha value is -1.14. The van der Waals surface area contributed by atoms with Crippen molar-refractivity contribution in [2.24, 2.45) is 0 Å². The molecule has 0 aromatic carbocycles. The molecule has 0 amide bonds. The van der Waals surface area contributed by atoms with Gasteiger partial charge in [-0.15, -0.1) is 0 Å². The zero-order chi connectivity index (χ0) is 12.7. The van der Waals surface area contributed by atoms with Gasteiger partial charge in [0.2, 0.25) is 11.2 Å². The highest BCUT2D eigenvalue weighted by molar-refractivity contribution is 6.28. The molecule has 0 atom stereocenters. The fraction of sp³-hybridized carbons (Fsp3) is 0.700. The molecule has 1 rings (SSSR count). The van der Waals surface area contributed by atoms with E-state index in [0.717, 1.165) is 0 Å².